The van der Waals surface area contributed by atoms with Crippen LogP contribution in [0.5, 0.6) is 0 Å². The third kappa shape index (κ3) is 6.25. The van der Waals surface area contributed by atoms with Crippen LogP contribution in [0.25, 0.3) is 122 Å². The topological polar surface area (TPSA) is 85.5 Å². The summed E-state index contributed by atoms with van der Waals surface area (Å²) in [7, 11) is 32.7. The minimum Gasteiger partial charge on any atom is -0.456 e. The molecule has 0 saturated carbocycles. The number of benzene rings is 9. The molecular weight excluding hydrogens is 851 g/mol. The van der Waals surface area contributed by atoms with E-state index in [1.165, 1.54) is 0 Å². The minimum atomic E-state index is 0.140. The summed E-state index contributed by atoms with van der Waals surface area (Å²) in [6.07, 6.45) is 0. The zero-order valence-electron chi connectivity index (χ0n) is 37.2. The van der Waals surface area contributed by atoms with E-state index in [1.54, 1.807) is 0 Å². The van der Waals surface area contributed by atoms with Crippen LogP contribution in [0.4, 0.5) is 0 Å². The van der Waals surface area contributed by atoms with Gasteiger partial charge in [-0.1, -0.05) is 126 Å². The maximum Gasteiger partial charge on any atom is 0.164 e. The smallest absolute Gasteiger partial charge is 0.164 e. The molecule has 13 aromatic rings. The van der Waals surface area contributed by atoms with Crippen molar-refractivity contribution in [3.05, 3.63) is 181 Å². The van der Waals surface area contributed by atoms with Gasteiger partial charge in [-0.15, -0.1) is 16.4 Å². The lowest BCUT2D eigenvalue weighted by molar-refractivity contribution is 0.669. The standard InChI is InChI=1S/C58H29B5N6O/c59-49-50(60)52(62)55(53(63)51(49)61)69-44-16-8-5-14-40(44)48-45(69)26-24-39-37-12-4-7-15-43(37)68(54(39)48)42-25-22-34(28-36(42)30-64)57-65-56(33-20-18-32(19-21-33)31-10-2-1-3-11-31)66-58(67-57)35-23-27-47-41(29-35)38-13-6-9-17-46(38)70-47/h1-29H. The lowest BCUT2D eigenvalue weighted by Gasteiger charge is -2.23. The van der Waals surface area contributed by atoms with Crippen molar-refractivity contribution in [1.29, 1.82) is 5.26 Å². The number of furan rings is 1. The molecule has 0 fully saturated rings. The maximum absolute atomic E-state index is 11.2. The van der Waals surface area contributed by atoms with Gasteiger partial charge < -0.3 is 13.6 Å². The molecule has 0 aliphatic carbocycles. The Morgan fingerprint density at radius 2 is 0.929 bits per heavy atom. The summed E-state index contributed by atoms with van der Waals surface area (Å²) in [5.41, 5.74) is 11.9. The maximum atomic E-state index is 11.2. The number of hydrogen-bond donors (Lipinski definition) is 0. The summed E-state index contributed by atoms with van der Waals surface area (Å²) < 4.78 is 10.3. The summed E-state index contributed by atoms with van der Waals surface area (Å²) in [5, 5.41) is 17.0. The first-order valence-electron chi connectivity index (χ1n) is 22.6. The van der Waals surface area contributed by atoms with Crippen LogP contribution < -0.4 is 27.3 Å². The monoisotopic (exact) mass is 880 g/mol. The summed E-state index contributed by atoms with van der Waals surface area (Å²) in [5.74, 6) is 1.39. The highest BCUT2D eigenvalue weighted by Crippen LogP contribution is 2.43. The Morgan fingerprint density at radius 1 is 0.400 bits per heavy atom. The van der Waals surface area contributed by atoms with E-state index in [4.69, 9.17) is 58.6 Å². The van der Waals surface area contributed by atoms with Gasteiger partial charge in [0.05, 0.1) is 33.3 Å². The molecule has 0 N–H and O–H groups in total. The Labute approximate surface area is 408 Å². The Kier molecular flexibility index (Phi) is 9.40. The molecule has 312 valence electrons. The number of para-hydroxylation sites is 3. The van der Waals surface area contributed by atoms with Crippen LogP contribution in [0.15, 0.2) is 180 Å². The highest BCUT2D eigenvalue weighted by molar-refractivity contribution is 6.68. The van der Waals surface area contributed by atoms with Crippen LogP contribution in [0.1, 0.15) is 5.56 Å². The molecule has 10 radical (unpaired) electrons. The van der Waals surface area contributed by atoms with E-state index >= 15 is 0 Å². The molecule has 0 saturated heterocycles. The number of nitriles is 1. The molecule has 4 heterocycles. The molecular formula is C58H29B5N6O. The van der Waals surface area contributed by atoms with Gasteiger partial charge in [0.15, 0.2) is 17.5 Å². The van der Waals surface area contributed by atoms with Crippen molar-refractivity contribution in [1.82, 2.24) is 24.1 Å². The molecule has 0 amide bonds. The molecule has 0 bridgehead atoms. The summed E-state index contributed by atoms with van der Waals surface area (Å²) >= 11 is 0. The fourth-order valence-corrected chi connectivity index (χ4v) is 10.1. The second-order valence-corrected chi connectivity index (χ2v) is 17.4. The van der Waals surface area contributed by atoms with Crippen molar-refractivity contribution in [2.45, 2.75) is 0 Å². The largest absolute Gasteiger partial charge is 0.456 e. The Balaban J connectivity index is 1.02. The molecule has 13 rings (SSSR count). The van der Waals surface area contributed by atoms with Crippen LogP contribution in [-0.4, -0.2) is 63.3 Å². The third-order valence-electron chi connectivity index (χ3n) is 13.5. The van der Waals surface area contributed by atoms with Crippen molar-refractivity contribution < 1.29 is 4.42 Å². The van der Waals surface area contributed by atoms with E-state index in [-0.39, 0.29) is 27.3 Å². The second kappa shape index (κ2) is 15.9. The first-order chi connectivity index (χ1) is 34.2. The summed E-state index contributed by atoms with van der Waals surface area (Å²) in [6, 6.07) is 61.1. The van der Waals surface area contributed by atoms with Gasteiger partial charge in [-0.3, -0.25) is 0 Å². The summed E-state index contributed by atoms with van der Waals surface area (Å²) in [4.78, 5) is 15.3. The van der Waals surface area contributed by atoms with Gasteiger partial charge in [-0.25, -0.2) is 15.0 Å². The lowest BCUT2D eigenvalue weighted by Crippen LogP contribution is -2.56. The fourth-order valence-electron chi connectivity index (χ4n) is 10.1. The molecule has 0 unspecified atom stereocenters. The zero-order valence-corrected chi connectivity index (χ0v) is 37.2. The minimum absolute atomic E-state index is 0.140. The Bertz CT molecular complexity index is 4350. The van der Waals surface area contributed by atoms with E-state index in [1.807, 2.05) is 120 Å². The van der Waals surface area contributed by atoms with Gasteiger partial charge in [-0.2, -0.15) is 5.26 Å². The van der Waals surface area contributed by atoms with Crippen LogP contribution in [0.2, 0.25) is 0 Å². The van der Waals surface area contributed by atoms with E-state index < -0.39 is 0 Å². The van der Waals surface area contributed by atoms with Crippen molar-refractivity contribution in [2.75, 3.05) is 0 Å². The molecule has 70 heavy (non-hydrogen) atoms. The average Bonchev–Trinajstić information content (AvgIpc) is 4.07. The number of hydrogen-bond acceptors (Lipinski definition) is 5. The molecule has 12 heteroatoms. The predicted molar refractivity (Wildman–Crippen MR) is 289 cm³/mol. The molecule has 0 spiro atoms. The number of rotatable bonds is 6. The molecule has 0 aliphatic rings. The predicted octanol–water partition coefficient (Wildman–Crippen LogP) is 8.47. The van der Waals surface area contributed by atoms with Crippen LogP contribution in [0.3, 0.4) is 0 Å². The Morgan fingerprint density at radius 3 is 1.64 bits per heavy atom. The van der Waals surface area contributed by atoms with E-state index in [9.17, 15) is 5.26 Å². The van der Waals surface area contributed by atoms with Gasteiger partial charge >= 0.3 is 0 Å². The van der Waals surface area contributed by atoms with Crippen molar-refractivity contribution in [3.63, 3.8) is 0 Å². The number of nitrogens with zero attached hydrogens (tertiary/aromatic N) is 6. The van der Waals surface area contributed by atoms with Gasteiger partial charge in [0, 0.05) is 54.7 Å². The lowest BCUT2D eigenvalue weighted by atomic mass is 9.61. The van der Waals surface area contributed by atoms with Crippen molar-refractivity contribution >= 4 is 132 Å². The summed E-state index contributed by atoms with van der Waals surface area (Å²) in [6.45, 7) is 0. The third-order valence-corrected chi connectivity index (χ3v) is 13.5. The van der Waals surface area contributed by atoms with Crippen LogP contribution >= 0.6 is 0 Å². The zero-order chi connectivity index (χ0) is 47.4. The molecule has 0 aliphatic heterocycles. The van der Waals surface area contributed by atoms with Gasteiger partial charge in [0.2, 0.25) is 0 Å². The quantitative estimate of drug-likeness (QED) is 0.157. The van der Waals surface area contributed by atoms with Gasteiger partial charge in [0.1, 0.15) is 56.5 Å². The van der Waals surface area contributed by atoms with E-state index in [0.717, 1.165) is 87.8 Å². The normalized spacial score (nSPS) is 11.7. The average molecular weight is 880 g/mol. The SMILES string of the molecule is [B]c1c([B])c([B])c(-n2c3ccccc3c3c2ccc2c4ccccc4n(-c4ccc(-c5nc(-c6ccc(-c7ccccc7)cc6)nc(-c6ccc7oc8ccccc8c7c6)n5)cc4C#N)c23)c([B])c1[B]. The van der Waals surface area contributed by atoms with E-state index in [0.29, 0.717) is 40.0 Å². The van der Waals surface area contributed by atoms with Crippen molar-refractivity contribution in [3.8, 4) is 62.7 Å². The van der Waals surface area contributed by atoms with Crippen molar-refractivity contribution in [2.24, 2.45) is 0 Å². The van der Waals surface area contributed by atoms with Gasteiger partial charge in [-0.05, 0) is 71.8 Å². The molecule has 0 atom stereocenters. The fraction of sp³-hybridized carbons (Fsp3) is 0. The first kappa shape index (κ1) is 41.4. The molecule has 4 aromatic heterocycles. The first-order valence-corrected chi connectivity index (χ1v) is 22.6. The van der Waals surface area contributed by atoms with Gasteiger partial charge in [0.25, 0.3) is 0 Å². The number of aromatic nitrogens is 5. The highest BCUT2D eigenvalue weighted by Gasteiger charge is 2.25. The van der Waals surface area contributed by atoms with E-state index in [2.05, 4.69) is 71.3 Å². The van der Waals surface area contributed by atoms with Crippen LogP contribution in [0, 0.1) is 11.3 Å². The Hall–Kier alpha value is -8.80. The molecule has 9 aromatic carbocycles. The van der Waals surface area contributed by atoms with Crippen LogP contribution in [-0.2, 0) is 0 Å². The number of fused-ring (bicyclic) bond motifs is 10. The second-order valence-electron chi connectivity index (χ2n) is 17.4. The highest BCUT2D eigenvalue weighted by atomic mass is 16.3. The molecule has 7 nitrogen and oxygen atoms in total.